The molecule has 4 rings (SSSR count). The van der Waals surface area contributed by atoms with Crippen LogP contribution in [-0.4, -0.2) is 19.0 Å². The second kappa shape index (κ2) is 7.31. The summed E-state index contributed by atoms with van der Waals surface area (Å²) < 4.78 is 5.98. The Balaban J connectivity index is 1.59. The molecule has 6 heteroatoms. The number of carbonyl (C=O) groups excluding carboxylic acids is 2. The number of nitrogens with one attached hydrogen (secondary N) is 2. The number of ether oxygens (including phenoxy) is 1. The standard InChI is InChI=1S/C23H21N3O3/c1-14-8-10-21-19(12-14)26(3)22(27)17-13-16(9-11-20(17)29-21)24-23(28)25-18-7-5-4-6-15(18)2/h4-13H,1-3H3,(H2,24,25,28). The molecule has 0 radical (unpaired) electrons. The van der Waals surface area contributed by atoms with Crippen LogP contribution in [0.5, 0.6) is 11.5 Å². The predicted octanol–water partition coefficient (Wildman–Crippen LogP) is 5.33. The molecule has 6 nitrogen and oxygen atoms in total. The van der Waals surface area contributed by atoms with E-state index >= 15 is 0 Å². The number of fused-ring (bicyclic) bond motifs is 2. The van der Waals surface area contributed by atoms with Crippen LogP contribution in [0.2, 0.25) is 0 Å². The van der Waals surface area contributed by atoms with Crippen LogP contribution in [0, 0.1) is 13.8 Å². The Hall–Kier alpha value is -3.80. The van der Waals surface area contributed by atoms with Gasteiger partial charge in [0, 0.05) is 18.4 Å². The third-order valence-electron chi connectivity index (χ3n) is 4.86. The maximum atomic E-state index is 13.0. The molecule has 0 aliphatic carbocycles. The van der Waals surface area contributed by atoms with Crippen molar-refractivity contribution in [2.24, 2.45) is 0 Å². The number of carbonyl (C=O) groups is 2. The Bertz CT molecular complexity index is 1120. The first kappa shape index (κ1) is 18.6. The van der Waals surface area contributed by atoms with Crippen LogP contribution in [0.1, 0.15) is 21.5 Å². The third-order valence-corrected chi connectivity index (χ3v) is 4.86. The molecule has 0 atom stereocenters. The highest BCUT2D eigenvalue weighted by atomic mass is 16.5. The van der Waals surface area contributed by atoms with Gasteiger partial charge in [0.05, 0.1) is 11.3 Å². The summed E-state index contributed by atoms with van der Waals surface area (Å²) in [6.07, 6.45) is 0. The topological polar surface area (TPSA) is 70.7 Å². The summed E-state index contributed by atoms with van der Waals surface area (Å²) in [5.41, 5.74) is 4.32. The molecular weight excluding hydrogens is 366 g/mol. The molecule has 3 aromatic rings. The number of hydrogen-bond acceptors (Lipinski definition) is 3. The third kappa shape index (κ3) is 3.65. The van der Waals surface area contributed by atoms with Crippen LogP contribution < -0.4 is 20.3 Å². The van der Waals surface area contributed by atoms with Crippen molar-refractivity contribution in [3.63, 3.8) is 0 Å². The summed E-state index contributed by atoms with van der Waals surface area (Å²) in [7, 11) is 1.71. The Morgan fingerprint density at radius 2 is 1.69 bits per heavy atom. The molecule has 2 N–H and O–H groups in total. The van der Waals surface area contributed by atoms with Crippen LogP contribution in [0.3, 0.4) is 0 Å². The first-order valence-corrected chi connectivity index (χ1v) is 9.26. The largest absolute Gasteiger partial charge is 0.454 e. The monoisotopic (exact) mass is 387 g/mol. The Morgan fingerprint density at radius 1 is 0.931 bits per heavy atom. The molecular formula is C23H21N3O3. The van der Waals surface area contributed by atoms with E-state index in [-0.39, 0.29) is 11.9 Å². The zero-order valence-corrected chi connectivity index (χ0v) is 16.4. The fraction of sp³-hybridized carbons (Fsp3) is 0.130. The minimum absolute atomic E-state index is 0.202. The van der Waals surface area contributed by atoms with Crippen molar-refractivity contribution < 1.29 is 14.3 Å². The van der Waals surface area contributed by atoms with Gasteiger partial charge >= 0.3 is 6.03 Å². The minimum Gasteiger partial charge on any atom is -0.454 e. The molecule has 0 bridgehead atoms. The van der Waals surface area contributed by atoms with E-state index < -0.39 is 0 Å². The minimum atomic E-state index is -0.381. The number of nitrogens with zero attached hydrogens (tertiary/aromatic N) is 1. The summed E-state index contributed by atoms with van der Waals surface area (Å²) in [4.78, 5) is 26.9. The number of benzene rings is 3. The van der Waals surface area contributed by atoms with E-state index in [4.69, 9.17) is 4.74 Å². The second-order valence-corrected chi connectivity index (χ2v) is 7.04. The zero-order chi connectivity index (χ0) is 20.5. The Kier molecular flexibility index (Phi) is 4.68. The SMILES string of the molecule is Cc1ccc2c(c1)N(C)C(=O)c1cc(NC(=O)Nc3ccccc3C)ccc1O2. The molecule has 0 fully saturated rings. The number of anilines is 3. The summed E-state index contributed by atoms with van der Waals surface area (Å²) in [6.45, 7) is 3.88. The number of amides is 3. The quantitative estimate of drug-likeness (QED) is 0.624. The zero-order valence-electron chi connectivity index (χ0n) is 16.4. The van der Waals surface area contributed by atoms with Gasteiger partial charge in [-0.1, -0.05) is 24.3 Å². The van der Waals surface area contributed by atoms with Gasteiger partial charge in [-0.3, -0.25) is 4.79 Å². The van der Waals surface area contributed by atoms with E-state index in [1.54, 1.807) is 30.1 Å². The lowest BCUT2D eigenvalue weighted by Gasteiger charge is -2.17. The number of hydrogen-bond donors (Lipinski definition) is 2. The molecule has 3 aromatic carbocycles. The Morgan fingerprint density at radius 3 is 2.48 bits per heavy atom. The number of aryl methyl sites for hydroxylation is 2. The van der Waals surface area contributed by atoms with Crippen molar-refractivity contribution in [2.75, 3.05) is 22.6 Å². The number of rotatable bonds is 2. The van der Waals surface area contributed by atoms with Gasteiger partial charge in [0.25, 0.3) is 5.91 Å². The van der Waals surface area contributed by atoms with Crippen molar-refractivity contribution in [3.8, 4) is 11.5 Å². The van der Waals surface area contributed by atoms with Gasteiger partial charge in [0.2, 0.25) is 0 Å². The van der Waals surface area contributed by atoms with E-state index in [1.807, 2.05) is 56.3 Å². The van der Waals surface area contributed by atoms with E-state index in [0.717, 1.165) is 16.8 Å². The molecule has 146 valence electrons. The van der Waals surface area contributed by atoms with Crippen LogP contribution in [0.15, 0.2) is 60.7 Å². The maximum absolute atomic E-state index is 13.0. The molecule has 1 heterocycles. The van der Waals surface area contributed by atoms with Gasteiger partial charge < -0.3 is 20.3 Å². The number of urea groups is 1. The van der Waals surface area contributed by atoms with E-state index in [0.29, 0.717) is 28.4 Å². The van der Waals surface area contributed by atoms with Crippen molar-refractivity contribution in [3.05, 3.63) is 77.4 Å². The highest BCUT2D eigenvalue weighted by Gasteiger charge is 2.26. The highest BCUT2D eigenvalue weighted by molar-refractivity contribution is 6.10. The fourth-order valence-corrected chi connectivity index (χ4v) is 3.25. The van der Waals surface area contributed by atoms with Crippen LogP contribution in [0.25, 0.3) is 0 Å². The maximum Gasteiger partial charge on any atom is 0.323 e. The van der Waals surface area contributed by atoms with Crippen LogP contribution in [0.4, 0.5) is 21.9 Å². The van der Waals surface area contributed by atoms with Crippen molar-refractivity contribution in [2.45, 2.75) is 13.8 Å². The van der Waals surface area contributed by atoms with Crippen molar-refractivity contribution in [1.29, 1.82) is 0 Å². The smallest absolute Gasteiger partial charge is 0.323 e. The number of para-hydroxylation sites is 1. The highest BCUT2D eigenvalue weighted by Crippen LogP contribution is 2.39. The summed E-state index contributed by atoms with van der Waals surface area (Å²) in [5, 5.41) is 5.59. The van der Waals surface area contributed by atoms with Crippen molar-refractivity contribution in [1.82, 2.24) is 0 Å². The average Bonchev–Trinajstić information content (AvgIpc) is 2.80. The lowest BCUT2D eigenvalue weighted by molar-refractivity contribution is 0.0993. The van der Waals surface area contributed by atoms with Crippen molar-refractivity contribution >= 4 is 29.0 Å². The fourth-order valence-electron chi connectivity index (χ4n) is 3.25. The van der Waals surface area contributed by atoms with E-state index in [9.17, 15) is 9.59 Å². The summed E-state index contributed by atoms with van der Waals surface area (Å²) in [6, 6.07) is 17.9. The molecule has 0 aromatic heterocycles. The van der Waals surface area contributed by atoms with Gasteiger partial charge in [-0.25, -0.2) is 4.79 Å². The Labute approximate surface area is 169 Å². The molecule has 3 amide bonds. The van der Waals surface area contributed by atoms with Gasteiger partial charge in [-0.2, -0.15) is 0 Å². The molecule has 1 aliphatic heterocycles. The normalized spacial score (nSPS) is 12.4. The van der Waals surface area contributed by atoms with Gasteiger partial charge in [0.1, 0.15) is 5.75 Å². The lowest BCUT2D eigenvalue weighted by atomic mass is 10.1. The molecule has 0 unspecified atom stereocenters. The molecule has 0 spiro atoms. The van der Waals surface area contributed by atoms with Gasteiger partial charge in [0.15, 0.2) is 5.75 Å². The second-order valence-electron chi connectivity index (χ2n) is 7.04. The van der Waals surface area contributed by atoms with Gasteiger partial charge in [-0.15, -0.1) is 0 Å². The predicted molar refractivity (Wildman–Crippen MR) is 114 cm³/mol. The average molecular weight is 387 g/mol. The summed E-state index contributed by atoms with van der Waals surface area (Å²) >= 11 is 0. The van der Waals surface area contributed by atoms with Crippen LogP contribution in [-0.2, 0) is 0 Å². The first-order valence-electron chi connectivity index (χ1n) is 9.26. The van der Waals surface area contributed by atoms with Crippen LogP contribution >= 0.6 is 0 Å². The molecule has 29 heavy (non-hydrogen) atoms. The molecule has 0 saturated heterocycles. The lowest BCUT2D eigenvalue weighted by Crippen LogP contribution is -2.25. The summed E-state index contributed by atoms with van der Waals surface area (Å²) in [5.74, 6) is 0.866. The van der Waals surface area contributed by atoms with E-state index in [1.165, 1.54) is 0 Å². The molecule has 0 saturated carbocycles. The van der Waals surface area contributed by atoms with E-state index in [2.05, 4.69) is 10.6 Å². The molecule has 1 aliphatic rings. The first-order chi connectivity index (χ1) is 13.9. The van der Waals surface area contributed by atoms with Gasteiger partial charge in [-0.05, 0) is 61.4 Å².